The van der Waals surface area contributed by atoms with Crippen LogP contribution in [0.5, 0.6) is 0 Å². The summed E-state index contributed by atoms with van der Waals surface area (Å²) in [6.45, 7) is 4.06. The number of hydrogen-bond donors (Lipinski definition) is 3. The van der Waals surface area contributed by atoms with Crippen LogP contribution in [0.4, 0.5) is 10.5 Å². The normalized spacial score (nSPS) is 26.0. The molecule has 0 unspecified atom stereocenters. The van der Waals surface area contributed by atoms with E-state index in [9.17, 15) is 9.59 Å². The van der Waals surface area contributed by atoms with E-state index in [2.05, 4.69) is 22.9 Å². The van der Waals surface area contributed by atoms with Crippen LogP contribution in [-0.2, 0) is 11.3 Å². The number of carbonyl (C=O) groups excluding carboxylic acids is 2. The zero-order valence-corrected chi connectivity index (χ0v) is 14.5. The Morgan fingerprint density at radius 3 is 2.75 bits per heavy atom. The molecule has 1 aromatic carbocycles. The third kappa shape index (κ3) is 4.08. The lowest BCUT2D eigenvalue weighted by Crippen LogP contribution is -2.45. The maximum atomic E-state index is 12.2. The molecule has 24 heavy (non-hydrogen) atoms. The molecule has 2 aliphatic carbocycles. The van der Waals surface area contributed by atoms with Crippen molar-refractivity contribution in [3.05, 3.63) is 29.8 Å². The standard InChI is InChI=1S/C19H27N3O2/c1-12(18-10-14-6-7-16(18)8-14)21-19(24)20-11-15-4-3-5-17(9-15)22-13(2)23/h3-5,9,12,14,16,18H,6-8,10-11H2,1-2H3,(H,22,23)(H2,20,21,24)/t12-,14-,16-,18+/m0/s1. The van der Waals surface area contributed by atoms with Crippen LogP contribution in [0.3, 0.4) is 0 Å². The lowest BCUT2D eigenvalue weighted by Gasteiger charge is -2.28. The zero-order valence-electron chi connectivity index (χ0n) is 14.5. The molecule has 2 fully saturated rings. The van der Waals surface area contributed by atoms with Crippen LogP contribution in [0.2, 0.25) is 0 Å². The van der Waals surface area contributed by atoms with Gasteiger partial charge in [-0.15, -0.1) is 0 Å². The molecule has 3 rings (SSSR count). The lowest BCUT2D eigenvalue weighted by molar-refractivity contribution is -0.114. The third-order valence-corrected chi connectivity index (χ3v) is 5.49. The lowest BCUT2D eigenvalue weighted by atomic mass is 9.84. The zero-order chi connectivity index (χ0) is 17.1. The van der Waals surface area contributed by atoms with Crippen molar-refractivity contribution in [3.63, 3.8) is 0 Å². The van der Waals surface area contributed by atoms with Crippen LogP contribution in [0.1, 0.15) is 45.1 Å². The van der Waals surface area contributed by atoms with E-state index >= 15 is 0 Å². The van der Waals surface area contributed by atoms with Crippen molar-refractivity contribution < 1.29 is 9.59 Å². The summed E-state index contributed by atoms with van der Waals surface area (Å²) >= 11 is 0. The van der Waals surface area contributed by atoms with Gasteiger partial charge in [0.2, 0.25) is 5.91 Å². The Morgan fingerprint density at radius 1 is 1.25 bits per heavy atom. The van der Waals surface area contributed by atoms with Gasteiger partial charge in [0, 0.05) is 25.2 Å². The average Bonchev–Trinajstić information content (AvgIpc) is 3.15. The van der Waals surface area contributed by atoms with E-state index in [1.54, 1.807) is 0 Å². The number of amides is 3. The number of carbonyl (C=O) groups is 2. The molecular formula is C19H27N3O2. The average molecular weight is 329 g/mol. The van der Waals surface area contributed by atoms with Crippen LogP contribution in [-0.4, -0.2) is 18.0 Å². The quantitative estimate of drug-likeness (QED) is 0.776. The van der Waals surface area contributed by atoms with Gasteiger partial charge in [-0.2, -0.15) is 0 Å². The van der Waals surface area contributed by atoms with Crippen molar-refractivity contribution >= 4 is 17.6 Å². The Labute approximate surface area is 143 Å². The molecule has 0 spiro atoms. The van der Waals surface area contributed by atoms with E-state index in [4.69, 9.17) is 0 Å². The smallest absolute Gasteiger partial charge is 0.315 e. The number of fused-ring (bicyclic) bond motifs is 2. The molecule has 0 aliphatic heterocycles. The Morgan fingerprint density at radius 2 is 2.08 bits per heavy atom. The minimum absolute atomic E-state index is 0.0995. The molecule has 3 amide bonds. The third-order valence-electron chi connectivity index (χ3n) is 5.49. The van der Waals surface area contributed by atoms with Gasteiger partial charge in [-0.25, -0.2) is 4.79 Å². The van der Waals surface area contributed by atoms with Gasteiger partial charge in [0.15, 0.2) is 0 Å². The van der Waals surface area contributed by atoms with Gasteiger partial charge in [-0.3, -0.25) is 4.79 Å². The van der Waals surface area contributed by atoms with Crippen LogP contribution in [0.25, 0.3) is 0 Å². The summed E-state index contributed by atoms with van der Waals surface area (Å²) in [6, 6.07) is 7.63. The van der Waals surface area contributed by atoms with E-state index in [1.165, 1.54) is 32.6 Å². The molecule has 130 valence electrons. The van der Waals surface area contributed by atoms with Crippen molar-refractivity contribution in [2.75, 3.05) is 5.32 Å². The number of nitrogens with one attached hydrogen (secondary N) is 3. The van der Waals surface area contributed by atoms with Gasteiger partial charge in [0.1, 0.15) is 0 Å². The Kier molecular flexibility index (Phi) is 5.07. The molecule has 0 heterocycles. The predicted molar refractivity (Wildman–Crippen MR) is 94.5 cm³/mol. The Hall–Kier alpha value is -2.04. The molecule has 0 radical (unpaired) electrons. The summed E-state index contributed by atoms with van der Waals surface area (Å²) in [7, 11) is 0. The molecule has 4 atom stereocenters. The van der Waals surface area contributed by atoms with E-state index in [1.807, 2.05) is 24.3 Å². The highest BCUT2D eigenvalue weighted by atomic mass is 16.2. The second-order valence-electron chi connectivity index (χ2n) is 7.34. The fraction of sp³-hybridized carbons (Fsp3) is 0.579. The summed E-state index contributed by atoms with van der Waals surface area (Å²) in [4.78, 5) is 23.3. The fourth-order valence-electron chi connectivity index (χ4n) is 4.42. The van der Waals surface area contributed by atoms with Gasteiger partial charge < -0.3 is 16.0 Å². The van der Waals surface area contributed by atoms with Gasteiger partial charge in [-0.05, 0) is 61.6 Å². The van der Waals surface area contributed by atoms with Crippen molar-refractivity contribution in [3.8, 4) is 0 Å². The second kappa shape index (κ2) is 7.24. The van der Waals surface area contributed by atoms with Gasteiger partial charge in [-0.1, -0.05) is 18.6 Å². The molecule has 2 saturated carbocycles. The maximum absolute atomic E-state index is 12.2. The fourth-order valence-corrected chi connectivity index (χ4v) is 4.42. The Bertz CT molecular complexity index is 616. The highest BCUT2D eigenvalue weighted by Gasteiger charge is 2.42. The summed E-state index contributed by atoms with van der Waals surface area (Å²) in [5.74, 6) is 2.23. The molecule has 0 aromatic heterocycles. The largest absolute Gasteiger partial charge is 0.335 e. The summed E-state index contributed by atoms with van der Waals surface area (Å²) in [5, 5.41) is 8.77. The second-order valence-corrected chi connectivity index (χ2v) is 7.34. The minimum atomic E-state index is -0.116. The van der Waals surface area contributed by atoms with Crippen LogP contribution >= 0.6 is 0 Å². The van der Waals surface area contributed by atoms with Crippen LogP contribution in [0.15, 0.2) is 24.3 Å². The molecule has 0 saturated heterocycles. The number of hydrogen-bond acceptors (Lipinski definition) is 2. The first-order valence-electron chi connectivity index (χ1n) is 8.92. The van der Waals surface area contributed by atoms with Gasteiger partial charge in [0.05, 0.1) is 0 Å². The van der Waals surface area contributed by atoms with Crippen molar-refractivity contribution in [2.24, 2.45) is 17.8 Å². The topological polar surface area (TPSA) is 70.2 Å². The molecular weight excluding hydrogens is 302 g/mol. The maximum Gasteiger partial charge on any atom is 0.315 e. The molecule has 2 bridgehead atoms. The summed E-state index contributed by atoms with van der Waals surface area (Å²) in [6.07, 6.45) is 5.34. The monoisotopic (exact) mass is 329 g/mol. The SMILES string of the molecule is CC(=O)Nc1cccc(CNC(=O)N[C@@H](C)[C@H]2C[C@H]3CC[C@H]2C3)c1. The predicted octanol–water partition coefficient (Wildman–Crippen LogP) is 3.27. The van der Waals surface area contributed by atoms with Crippen molar-refractivity contribution in [2.45, 2.75) is 52.1 Å². The molecule has 1 aromatic rings. The summed E-state index contributed by atoms with van der Waals surface area (Å²) < 4.78 is 0. The highest BCUT2D eigenvalue weighted by molar-refractivity contribution is 5.88. The van der Waals surface area contributed by atoms with Crippen LogP contribution in [0, 0.1) is 17.8 Å². The minimum Gasteiger partial charge on any atom is -0.335 e. The molecule has 2 aliphatic rings. The van der Waals surface area contributed by atoms with Crippen LogP contribution < -0.4 is 16.0 Å². The van der Waals surface area contributed by atoms with E-state index in [0.717, 1.165) is 23.1 Å². The number of urea groups is 1. The number of rotatable bonds is 5. The molecule has 5 heteroatoms. The molecule has 3 N–H and O–H groups in total. The number of anilines is 1. The van der Waals surface area contributed by atoms with E-state index in [0.29, 0.717) is 12.5 Å². The van der Waals surface area contributed by atoms with Crippen molar-refractivity contribution in [1.29, 1.82) is 0 Å². The van der Waals surface area contributed by atoms with E-state index < -0.39 is 0 Å². The molecule has 5 nitrogen and oxygen atoms in total. The Balaban J connectivity index is 1.46. The van der Waals surface area contributed by atoms with Gasteiger partial charge in [0.25, 0.3) is 0 Å². The highest BCUT2D eigenvalue weighted by Crippen LogP contribution is 2.49. The van der Waals surface area contributed by atoms with Crippen molar-refractivity contribution in [1.82, 2.24) is 10.6 Å². The van der Waals surface area contributed by atoms with Gasteiger partial charge >= 0.3 is 6.03 Å². The van der Waals surface area contributed by atoms with E-state index in [-0.39, 0.29) is 18.0 Å². The first kappa shape index (κ1) is 16.8. The summed E-state index contributed by atoms with van der Waals surface area (Å²) in [5.41, 5.74) is 1.71. The number of benzene rings is 1. The first-order valence-corrected chi connectivity index (χ1v) is 8.92. The first-order chi connectivity index (χ1) is 11.5.